The van der Waals surface area contributed by atoms with Gasteiger partial charge in [-0.1, -0.05) is 17.7 Å². The Morgan fingerprint density at radius 3 is 2.71 bits per heavy atom. The molecule has 4 heteroatoms. The molecule has 1 rings (SSSR count). The number of rotatable bonds is 5. The van der Waals surface area contributed by atoms with Crippen LogP contribution >= 0.6 is 11.6 Å². The van der Waals surface area contributed by atoms with E-state index in [0.717, 1.165) is 11.6 Å². The highest BCUT2D eigenvalue weighted by atomic mass is 35.5. The van der Waals surface area contributed by atoms with Gasteiger partial charge in [0, 0.05) is 38.6 Å². The normalized spacial score (nSPS) is 10.4. The minimum absolute atomic E-state index is 0.144. The molecular formula is C13H19ClN2O. The highest BCUT2D eigenvalue weighted by molar-refractivity contribution is 6.30. The third kappa shape index (κ3) is 4.75. The van der Waals surface area contributed by atoms with Crippen molar-refractivity contribution in [1.29, 1.82) is 0 Å². The van der Waals surface area contributed by atoms with Gasteiger partial charge < -0.3 is 10.2 Å². The highest BCUT2D eigenvalue weighted by Gasteiger charge is 2.03. The quantitative estimate of drug-likeness (QED) is 0.818. The van der Waals surface area contributed by atoms with Gasteiger partial charge in [-0.25, -0.2) is 0 Å². The molecule has 1 N–H and O–H groups in total. The lowest BCUT2D eigenvalue weighted by Crippen LogP contribution is -2.26. The van der Waals surface area contributed by atoms with Gasteiger partial charge in [0.15, 0.2) is 0 Å². The van der Waals surface area contributed by atoms with E-state index >= 15 is 0 Å². The van der Waals surface area contributed by atoms with Crippen molar-refractivity contribution in [3.05, 3.63) is 34.3 Å². The molecule has 1 aromatic rings. The molecule has 17 heavy (non-hydrogen) atoms. The summed E-state index contributed by atoms with van der Waals surface area (Å²) in [5.41, 5.74) is 2.38. The molecule has 94 valence electrons. The number of aryl methyl sites for hydroxylation is 1. The summed E-state index contributed by atoms with van der Waals surface area (Å²) in [6.45, 7) is 3.50. The highest BCUT2D eigenvalue weighted by Crippen LogP contribution is 2.14. The van der Waals surface area contributed by atoms with Gasteiger partial charge >= 0.3 is 0 Å². The Morgan fingerprint density at radius 2 is 2.12 bits per heavy atom. The van der Waals surface area contributed by atoms with Crippen molar-refractivity contribution >= 4 is 17.5 Å². The van der Waals surface area contributed by atoms with Crippen LogP contribution in [0, 0.1) is 6.92 Å². The predicted octanol–water partition coefficient (Wildman–Crippen LogP) is 2.22. The van der Waals surface area contributed by atoms with Gasteiger partial charge in [-0.05, 0) is 30.2 Å². The zero-order valence-electron chi connectivity index (χ0n) is 10.6. The van der Waals surface area contributed by atoms with Gasteiger partial charge in [-0.3, -0.25) is 4.79 Å². The summed E-state index contributed by atoms with van der Waals surface area (Å²) >= 11 is 5.88. The first-order valence-corrected chi connectivity index (χ1v) is 6.04. The third-order valence-corrected chi connectivity index (χ3v) is 2.87. The number of amides is 1. The van der Waals surface area contributed by atoms with E-state index < -0.39 is 0 Å². The third-order valence-electron chi connectivity index (χ3n) is 2.63. The number of halogens is 1. The molecule has 0 bridgehead atoms. The van der Waals surface area contributed by atoms with Crippen molar-refractivity contribution in [2.24, 2.45) is 0 Å². The van der Waals surface area contributed by atoms with Crippen molar-refractivity contribution in [2.75, 3.05) is 20.6 Å². The molecule has 0 saturated heterocycles. The van der Waals surface area contributed by atoms with Crippen LogP contribution in [0.15, 0.2) is 18.2 Å². The Morgan fingerprint density at radius 1 is 1.41 bits per heavy atom. The molecule has 0 aliphatic rings. The molecule has 0 fully saturated rings. The zero-order valence-corrected chi connectivity index (χ0v) is 11.3. The summed E-state index contributed by atoms with van der Waals surface area (Å²) in [5.74, 6) is 0.144. The van der Waals surface area contributed by atoms with Gasteiger partial charge in [0.25, 0.3) is 0 Å². The van der Waals surface area contributed by atoms with Crippen LogP contribution in [0.3, 0.4) is 0 Å². The van der Waals surface area contributed by atoms with Crippen LogP contribution in [0.5, 0.6) is 0 Å². The summed E-state index contributed by atoms with van der Waals surface area (Å²) in [7, 11) is 3.54. The van der Waals surface area contributed by atoms with Crippen LogP contribution in [-0.4, -0.2) is 31.4 Å². The summed E-state index contributed by atoms with van der Waals surface area (Å²) in [6.07, 6.45) is 0.527. The Labute approximate surface area is 108 Å². The average Bonchev–Trinajstić information content (AvgIpc) is 2.26. The van der Waals surface area contributed by atoms with E-state index in [1.165, 1.54) is 11.1 Å². The van der Waals surface area contributed by atoms with Crippen LogP contribution in [0.1, 0.15) is 17.5 Å². The largest absolute Gasteiger partial charge is 0.349 e. The van der Waals surface area contributed by atoms with Crippen molar-refractivity contribution < 1.29 is 4.79 Å². The van der Waals surface area contributed by atoms with Crippen molar-refractivity contribution in [3.8, 4) is 0 Å². The Kier molecular flexibility index (Phi) is 5.45. The summed E-state index contributed by atoms with van der Waals surface area (Å²) in [5, 5.41) is 4.02. The molecule has 0 spiro atoms. The first-order chi connectivity index (χ1) is 8.00. The smallest absolute Gasteiger partial charge is 0.223 e. The number of benzene rings is 1. The maximum Gasteiger partial charge on any atom is 0.223 e. The molecule has 0 aliphatic carbocycles. The summed E-state index contributed by atoms with van der Waals surface area (Å²) in [6, 6.07) is 5.85. The molecule has 0 radical (unpaired) electrons. The molecule has 0 unspecified atom stereocenters. The summed E-state index contributed by atoms with van der Waals surface area (Å²) < 4.78 is 0. The predicted molar refractivity (Wildman–Crippen MR) is 71.2 cm³/mol. The molecule has 0 saturated carbocycles. The molecule has 3 nitrogen and oxygen atoms in total. The first kappa shape index (κ1) is 14.0. The molecule has 1 aromatic carbocycles. The van der Waals surface area contributed by atoms with E-state index in [1.54, 1.807) is 19.0 Å². The van der Waals surface area contributed by atoms with Crippen LogP contribution < -0.4 is 5.32 Å². The number of nitrogens with zero attached hydrogens (tertiary/aromatic N) is 1. The maximum atomic E-state index is 11.3. The standard InChI is InChI=1S/C13H19ClN2O/c1-10-8-12(14)5-4-11(10)9-15-7-6-13(17)16(2)3/h4-5,8,15H,6-7,9H2,1-3H3. The van der Waals surface area contributed by atoms with Crippen LogP contribution in [-0.2, 0) is 11.3 Å². The molecular weight excluding hydrogens is 236 g/mol. The van der Waals surface area contributed by atoms with E-state index in [9.17, 15) is 4.79 Å². The van der Waals surface area contributed by atoms with Gasteiger partial charge in [-0.2, -0.15) is 0 Å². The maximum absolute atomic E-state index is 11.3. The lowest BCUT2D eigenvalue weighted by molar-refractivity contribution is -0.128. The minimum Gasteiger partial charge on any atom is -0.349 e. The number of carbonyl (C=O) groups is 1. The van der Waals surface area contributed by atoms with Gasteiger partial charge in [0.2, 0.25) is 5.91 Å². The molecule has 0 heterocycles. The van der Waals surface area contributed by atoms with E-state index in [2.05, 4.69) is 5.32 Å². The fourth-order valence-corrected chi connectivity index (χ4v) is 1.73. The Balaban J connectivity index is 2.34. The second kappa shape index (κ2) is 6.62. The topological polar surface area (TPSA) is 32.3 Å². The fraction of sp³-hybridized carbons (Fsp3) is 0.462. The van der Waals surface area contributed by atoms with E-state index in [4.69, 9.17) is 11.6 Å². The van der Waals surface area contributed by atoms with Crippen molar-refractivity contribution in [3.63, 3.8) is 0 Å². The van der Waals surface area contributed by atoms with Crippen LogP contribution in [0.25, 0.3) is 0 Å². The SMILES string of the molecule is Cc1cc(Cl)ccc1CNCCC(=O)N(C)C. The minimum atomic E-state index is 0.144. The van der Waals surface area contributed by atoms with Crippen LogP contribution in [0.4, 0.5) is 0 Å². The zero-order chi connectivity index (χ0) is 12.8. The van der Waals surface area contributed by atoms with Crippen molar-refractivity contribution in [1.82, 2.24) is 10.2 Å². The molecule has 0 aliphatic heterocycles. The van der Waals surface area contributed by atoms with E-state index in [1.807, 2.05) is 25.1 Å². The average molecular weight is 255 g/mol. The fourth-order valence-electron chi connectivity index (χ4n) is 1.50. The second-order valence-corrected chi connectivity index (χ2v) is 4.72. The molecule has 0 atom stereocenters. The van der Waals surface area contributed by atoms with Gasteiger partial charge in [0.05, 0.1) is 0 Å². The summed E-state index contributed by atoms with van der Waals surface area (Å²) in [4.78, 5) is 12.9. The number of carbonyl (C=O) groups excluding carboxylic acids is 1. The lowest BCUT2D eigenvalue weighted by Gasteiger charge is -2.11. The first-order valence-electron chi connectivity index (χ1n) is 5.66. The van der Waals surface area contributed by atoms with Crippen LogP contribution in [0.2, 0.25) is 5.02 Å². The monoisotopic (exact) mass is 254 g/mol. The van der Waals surface area contributed by atoms with Crippen molar-refractivity contribution in [2.45, 2.75) is 19.9 Å². The van der Waals surface area contributed by atoms with Gasteiger partial charge in [0.1, 0.15) is 0 Å². The molecule has 0 aromatic heterocycles. The Hall–Kier alpha value is -1.06. The van der Waals surface area contributed by atoms with E-state index in [-0.39, 0.29) is 5.91 Å². The second-order valence-electron chi connectivity index (χ2n) is 4.29. The lowest BCUT2D eigenvalue weighted by atomic mass is 10.1. The molecule has 1 amide bonds. The number of hydrogen-bond donors (Lipinski definition) is 1. The Bertz CT molecular complexity index is 391. The van der Waals surface area contributed by atoms with Gasteiger partial charge in [-0.15, -0.1) is 0 Å². The van der Waals surface area contributed by atoms with E-state index in [0.29, 0.717) is 13.0 Å². The number of nitrogens with one attached hydrogen (secondary N) is 1. The number of hydrogen-bond acceptors (Lipinski definition) is 2.